The van der Waals surface area contributed by atoms with Gasteiger partial charge >= 0.3 is 0 Å². The summed E-state index contributed by atoms with van der Waals surface area (Å²) in [5.41, 5.74) is 0. The zero-order valence-electron chi connectivity index (χ0n) is 8.10. The normalized spacial score (nSPS) is 17.0. The summed E-state index contributed by atoms with van der Waals surface area (Å²) in [6.45, 7) is 0. The second-order valence-electron chi connectivity index (χ2n) is 3.70. The van der Waals surface area contributed by atoms with Crippen molar-refractivity contribution in [2.75, 3.05) is 0 Å². The van der Waals surface area contributed by atoms with Crippen LogP contribution in [-0.2, 0) is 0 Å². The van der Waals surface area contributed by atoms with Gasteiger partial charge in [0, 0.05) is 0 Å². The standard InChI is InChI=1S/C11H11BrClFO/c12-10-9(6-5-8(13)11(10)14)15-7-3-1-2-4-7/h5-7H,1-4H2. The minimum Gasteiger partial charge on any atom is -0.489 e. The molecule has 0 bridgehead atoms. The number of hydrogen-bond acceptors (Lipinski definition) is 1. The summed E-state index contributed by atoms with van der Waals surface area (Å²) in [6.07, 6.45) is 4.71. The van der Waals surface area contributed by atoms with Gasteiger partial charge in [0.05, 0.1) is 15.6 Å². The molecular formula is C11H11BrClFO. The highest BCUT2D eigenvalue weighted by atomic mass is 79.9. The van der Waals surface area contributed by atoms with Crippen molar-refractivity contribution in [3.05, 3.63) is 27.4 Å². The Kier molecular flexibility index (Phi) is 3.52. The van der Waals surface area contributed by atoms with Gasteiger partial charge in [0.2, 0.25) is 0 Å². The van der Waals surface area contributed by atoms with Crippen LogP contribution in [0.25, 0.3) is 0 Å². The van der Waals surface area contributed by atoms with Crippen LogP contribution in [0, 0.1) is 5.82 Å². The van der Waals surface area contributed by atoms with E-state index in [0.717, 1.165) is 12.8 Å². The minimum absolute atomic E-state index is 0.112. The van der Waals surface area contributed by atoms with Crippen LogP contribution in [0.4, 0.5) is 4.39 Å². The third-order valence-electron chi connectivity index (χ3n) is 2.60. The average molecular weight is 294 g/mol. The van der Waals surface area contributed by atoms with Gasteiger partial charge in [0.15, 0.2) is 5.82 Å². The van der Waals surface area contributed by atoms with E-state index in [2.05, 4.69) is 15.9 Å². The molecule has 82 valence electrons. The number of rotatable bonds is 2. The number of benzene rings is 1. The molecular weight excluding hydrogens is 282 g/mol. The first-order chi connectivity index (χ1) is 7.18. The Balaban J connectivity index is 2.17. The van der Waals surface area contributed by atoms with Gasteiger partial charge in [-0.2, -0.15) is 0 Å². The molecule has 0 heterocycles. The molecule has 1 aromatic rings. The number of ether oxygens (including phenoxy) is 1. The second kappa shape index (κ2) is 4.71. The van der Waals surface area contributed by atoms with E-state index in [1.165, 1.54) is 18.9 Å². The predicted octanol–water partition coefficient (Wildman–Crippen LogP) is 4.56. The molecule has 15 heavy (non-hydrogen) atoms. The van der Waals surface area contributed by atoms with Gasteiger partial charge in [-0.3, -0.25) is 0 Å². The summed E-state index contributed by atoms with van der Waals surface area (Å²) in [5, 5.41) is 0.112. The first-order valence-electron chi connectivity index (χ1n) is 4.98. The largest absolute Gasteiger partial charge is 0.489 e. The Bertz CT molecular complexity index is 364. The van der Waals surface area contributed by atoms with Gasteiger partial charge in [-0.15, -0.1) is 0 Å². The van der Waals surface area contributed by atoms with Gasteiger partial charge in [0.25, 0.3) is 0 Å². The van der Waals surface area contributed by atoms with Crippen molar-refractivity contribution in [3.8, 4) is 5.75 Å². The van der Waals surface area contributed by atoms with E-state index in [0.29, 0.717) is 10.2 Å². The second-order valence-corrected chi connectivity index (χ2v) is 4.90. The third-order valence-corrected chi connectivity index (χ3v) is 3.63. The average Bonchev–Trinajstić information content (AvgIpc) is 2.72. The van der Waals surface area contributed by atoms with Crippen LogP contribution in [0.3, 0.4) is 0 Å². The number of hydrogen-bond donors (Lipinski definition) is 0. The highest BCUT2D eigenvalue weighted by Crippen LogP contribution is 2.34. The van der Waals surface area contributed by atoms with E-state index in [-0.39, 0.29) is 11.1 Å². The molecule has 0 radical (unpaired) electrons. The van der Waals surface area contributed by atoms with E-state index in [9.17, 15) is 4.39 Å². The van der Waals surface area contributed by atoms with Crippen molar-refractivity contribution in [1.82, 2.24) is 0 Å². The zero-order valence-corrected chi connectivity index (χ0v) is 10.4. The Hall–Kier alpha value is -0.280. The van der Waals surface area contributed by atoms with Crippen molar-refractivity contribution in [3.63, 3.8) is 0 Å². The molecule has 1 aromatic carbocycles. The lowest BCUT2D eigenvalue weighted by atomic mass is 10.3. The Morgan fingerprint density at radius 3 is 2.67 bits per heavy atom. The molecule has 0 aromatic heterocycles. The lowest BCUT2D eigenvalue weighted by Crippen LogP contribution is -2.11. The summed E-state index contributed by atoms with van der Waals surface area (Å²) in [5.74, 6) is 0.0935. The lowest BCUT2D eigenvalue weighted by Gasteiger charge is -2.14. The maximum atomic E-state index is 13.4. The van der Waals surface area contributed by atoms with Crippen LogP contribution in [0.15, 0.2) is 16.6 Å². The van der Waals surface area contributed by atoms with Gasteiger partial charge < -0.3 is 4.74 Å². The Morgan fingerprint density at radius 2 is 2.00 bits per heavy atom. The predicted molar refractivity (Wildman–Crippen MR) is 62.0 cm³/mol. The van der Waals surface area contributed by atoms with Crippen molar-refractivity contribution < 1.29 is 9.13 Å². The summed E-state index contributed by atoms with van der Waals surface area (Å²) in [7, 11) is 0. The van der Waals surface area contributed by atoms with Gasteiger partial charge in [-0.1, -0.05) is 11.6 Å². The molecule has 0 aliphatic heterocycles. The summed E-state index contributed by atoms with van der Waals surface area (Å²) in [4.78, 5) is 0. The van der Waals surface area contributed by atoms with Crippen LogP contribution in [0.5, 0.6) is 5.75 Å². The van der Waals surface area contributed by atoms with Gasteiger partial charge in [-0.05, 0) is 53.7 Å². The molecule has 0 saturated heterocycles. The SMILES string of the molecule is Fc1c(Cl)ccc(OC2CCCC2)c1Br. The zero-order chi connectivity index (χ0) is 10.8. The summed E-state index contributed by atoms with van der Waals surface area (Å²) in [6, 6.07) is 3.22. The highest BCUT2D eigenvalue weighted by molar-refractivity contribution is 9.10. The topological polar surface area (TPSA) is 9.23 Å². The van der Waals surface area contributed by atoms with Crippen molar-refractivity contribution in [1.29, 1.82) is 0 Å². The van der Waals surface area contributed by atoms with E-state index in [1.807, 2.05) is 0 Å². The molecule has 1 fully saturated rings. The third kappa shape index (κ3) is 2.45. The Labute approximate surface area is 102 Å². The lowest BCUT2D eigenvalue weighted by molar-refractivity contribution is 0.207. The molecule has 1 saturated carbocycles. The van der Waals surface area contributed by atoms with Gasteiger partial charge in [0.1, 0.15) is 5.75 Å². The quantitative estimate of drug-likeness (QED) is 0.726. The molecule has 0 spiro atoms. The minimum atomic E-state index is -0.452. The van der Waals surface area contributed by atoms with Crippen LogP contribution >= 0.6 is 27.5 Å². The van der Waals surface area contributed by atoms with E-state index in [4.69, 9.17) is 16.3 Å². The van der Waals surface area contributed by atoms with Gasteiger partial charge in [-0.25, -0.2) is 4.39 Å². The van der Waals surface area contributed by atoms with E-state index < -0.39 is 5.82 Å². The fourth-order valence-corrected chi connectivity index (χ4v) is 2.50. The summed E-state index contributed by atoms with van der Waals surface area (Å²) >= 11 is 8.80. The first-order valence-corrected chi connectivity index (χ1v) is 6.15. The number of halogens is 3. The van der Waals surface area contributed by atoms with Crippen LogP contribution in [0.1, 0.15) is 25.7 Å². The molecule has 0 unspecified atom stereocenters. The fraction of sp³-hybridized carbons (Fsp3) is 0.455. The van der Waals surface area contributed by atoms with Crippen LogP contribution < -0.4 is 4.74 Å². The summed E-state index contributed by atoms with van der Waals surface area (Å²) < 4.78 is 19.4. The molecule has 1 nitrogen and oxygen atoms in total. The monoisotopic (exact) mass is 292 g/mol. The first kappa shape index (κ1) is 11.2. The maximum absolute atomic E-state index is 13.4. The molecule has 0 amide bonds. The smallest absolute Gasteiger partial charge is 0.159 e. The molecule has 0 atom stereocenters. The van der Waals surface area contributed by atoms with Crippen LogP contribution in [0.2, 0.25) is 5.02 Å². The van der Waals surface area contributed by atoms with Crippen molar-refractivity contribution in [2.24, 2.45) is 0 Å². The molecule has 1 aliphatic rings. The van der Waals surface area contributed by atoms with Crippen LogP contribution in [-0.4, -0.2) is 6.10 Å². The molecule has 1 aliphatic carbocycles. The molecule has 0 N–H and O–H groups in total. The Morgan fingerprint density at radius 1 is 1.33 bits per heavy atom. The fourth-order valence-electron chi connectivity index (χ4n) is 1.78. The van der Waals surface area contributed by atoms with E-state index in [1.54, 1.807) is 6.07 Å². The molecule has 4 heteroatoms. The highest BCUT2D eigenvalue weighted by Gasteiger charge is 2.19. The van der Waals surface area contributed by atoms with Crippen molar-refractivity contribution in [2.45, 2.75) is 31.8 Å². The van der Waals surface area contributed by atoms with Crippen molar-refractivity contribution >= 4 is 27.5 Å². The van der Waals surface area contributed by atoms with E-state index >= 15 is 0 Å². The maximum Gasteiger partial charge on any atom is 0.159 e. The molecule has 2 rings (SSSR count).